The van der Waals surface area contributed by atoms with Crippen LogP contribution in [0.1, 0.15) is 6.92 Å². The lowest BCUT2D eigenvalue weighted by Crippen LogP contribution is -2.12. The van der Waals surface area contributed by atoms with Crippen LogP contribution in [0.15, 0.2) is 35.8 Å². The Labute approximate surface area is 115 Å². The monoisotopic (exact) mass is 279 g/mol. The number of aromatic nitrogens is 3. The van der Waals surface area contributed by atoms with Crippen LogP contribution in [-0.2, 0) is 0 Å². The molecule has 0 saturated heterocycles. The van der Waals surface area contributed by atoms with E-state index in [4.69, 9.17) is 22.1 Å². The van der Waals surface area contributed by atoms with Crippen LogP contribution in [0.25, 0.3) is 5.69 Å². The van der Waals surface area contributed by atoms with Crippen molar-refractivity contribution in [1.29, 1.82) is 0 Å². The standard InChI is InChI=1S/C12H14ClN5O/c1-2-19-11-4-3-9(18-7-15-16-8-18)5-10(11)17-12(14)6-13/h3-5,7-8H,2,6H2,1H3,(H2,14,17). The molecule has 7 heteroatoms. The van der Waals surface area contributed by atoms with Gasteiger partial charge in [0.05, 0.1) is 18.2 Å². The second kappa shape index (κ2) is 6.19. The lowest BCUT2D eigenvalue weighted by Gasteiger charge is -2.09. The van der Waals surface area contributed by atoms with Crippen molar-refractivity contribution in [2.24, 2.45) is 10.7 Å². The fraction of sp³-hybridized carbons (Fsp3) is 0.250. The Morgan fingerprint density at radius 1 is 1.42 bits per heavy atom. The van der Waals surface area contributed by atoms with Gasteiger partial charge in [-0.1, -0.05) is 0 Å². The van der Waals surface area contributed by atoms with Gasteiger partial charge in [-0.25, -0.2) is 4.99 Å². The molecule has 0 amide bonds. The number of rotatable bonds is 5. The zero-order valence-electron chi connectivity index (χ0n) is 10.5. The summed E-state index contributed by atoms with van der Waals surface area (Å²) in [6.07, 6.45) is 3.21. The van der Waals surface area contributed by atoms with Crippen LogP contribution < -0.4 is 10.5 Å². The number of nitrogens with zero attached hydrogens (tertiary/aromatic N) is 4. The number of hydrogen-bond acceptors (Lipinski definition) is 4. The molecule has 0 atom stereocenters. The summed E-state index contributed by atoms with van der Waals surface area (Å²) in [6.45, 7) is 2.46. The van der Waals surface area contributed by atoms with Gasteiger partial charge in [0.2, 0.25) is 0 Å². The number of ether oxygens (including phenoxy) is 1. The van der Waals surface area contributed by atoms with E-state index < -0.39 is 0 Å². The van der Waals surface area contributed by atoms with Gasteiger partial charge in [-0.15, -0.1) is 21.8 Å². The van der Waals surface area contributed by atoms with E-state index in [0.717, 1.165) is 5.69 Å². The van der Waals surface area contributed by atoms with Gasteiger partial charge in [0.25, 0.3) is 0 Å². The number of nitrogens with two attached hydrogens (primary N) is 1. The van der Waals surface area contributed by atoms with E-state index in [1.165, 1.54) is 0 Å². The minimum absolute atomic E-state index is 0.169. The van der Waals surface area contributed by atoms with E-state index >= 15 is 0 Å². The molecule has 1 aromatic carbocycles. The van der Waals surface area contributed by atoms with E-state index in [1.54, 1.807) is 17.2 Å². The molecule has 100 valence electrons. The molecule has 19 heavy (non-hydrogen) atoms. The summed E-state index contributed by atoms with van der Waals surface area (Å²) < 4.78 is 7.28. The van der Waals surface area contributed by atoms with Crippen LogP contribution in [-0.4, -0.2) is 33.1 Å². The third kappa shape index (κ3) is 3.23. The maximum atomic E-state index is 5.67. The molecule has 0 aliphatic rings. The van der Waals surface area contributed by atoms with Crippen molar-refractivity contribution in [3.05, 3.63) is 30.9 Å². The summed E-state index contributed by atoms with van der Waals surface area (Å²) in [5.41, 5.74) is 7.17. The van der Waals surface area contributed by atoms with E-state index in [-0.39, 0.29) is 5.88 Å². The second-order valence-corrected chi connectivity index (χ2v) is 3.96. The lowest BCUT2D eigenvalue weighted by molar-refractivity contribution is 0.341. The summed E-state index contributed by atoms with van der Waals surface area (Å²) in [6, 6.07) is 5.57. The van der Waals surface area contributed by atoms with Crippen molar-refractivity contribution in [1.82, 2.24) is 14.8 Å². The smallest absolute Gasteiger partial charge is 0.145 e. The first-order valence-electron chi connectivity index (χ1n) is 5.75. The first-order chi connectivity index (χ1) is 9.24. The molecule has 0 spiro atoms. The summed E-state index contributed by atoms with van der Waals surface area (Å²) >= 11 is 5.65. The predicted molar refractivity (Wildman–Crippen MR) is 74.5 cm³/mol. The van der Waals surface area contributed by atoms with Crippen LogP contribution in [0, 0.1) is 0 Å². The second-order valence-electron chi connectivity index (χ2n) is 3.69. The topological polar surface area (TPSA) is 78.3 Å². The zero-order valence-corrected chi connectivity index (χ0v) is 11.2. The highest BCUT2D eigenvalue weighted by molar-refractivity contribution is 6.28. The molecule has 0 fully saturated rings. The Bertz CT molecular complexity index is 568. The van der Waals surface area contributed by atoms with E-state index in [1.807, 2.05) is 25.1 Å². The number of amidine groups is 1. The van der Waals surface area contributed by atoms with Gasteiger partial charge in [0.1, 0.15) is 29.9 Å². The van der Waals surface area contributed by atoms with Crippen molar-refractivity contribution >= 4 is 23.1 Å². The summed E-state index contributed by atoms with van der Waals surface area (Å²) in [4.78, 5) is 4.25. The predicted octanol–water partition coefficient (Wildman–Crippen LogP) is 1.89. The van der Waals surface area contributed by atoms with Gasteiger partial charge in [-0.2, -0.15) is 0 Å². The molecule has 0 bridgehead atoms. The Kier molecular flexibility index (Phi) is 4.35. The minimum atomic E-state index is 0.169. The molecule has 2 N–H and O–H groups in total. The summed E-state index contributed by atoms with van der Waals surface area (Å²) in [7, 11) is 0. The molecule has 1 heterocycles. The van der Waals surface area contributed by atoms with Crippen LogP contribution >= 0.6 is 11.6 Å². The van der Waals surface area contributed by atoms with E-state index in [0.29, 0.717) is 23.9 Å². The SMILES string of the molecule is CCOc1ccc(-n2cnnc2)cc1N=C(N)CCl. The lowest BCUT2D eigenvalue weighted by atomic mass is 10.2. The highest BCUT2D eigenvalue weighted by Crippen LogP contribution is 2.30. The van der Waals surface area contributed by atoms with Gasteiger partial charge >= 0.3 is 0 Å². The van der Waals surface area contributed by atoms with E-state index in [9.17, 15) is 0 Å². The molecule has 0 aliphatic carbocycles. The van der Waals surface area contributed by atoms with Crippen molar-refractivity contribution in [3.63, 3.8) is 0 Å². The minimum Gasteiger partial charge on any atom is -0.492 e. The summed E-state index contributed by atoms with van der Waals surface area (Å²) in [5.74, 6) is 1.17. The largest absolute Gasteiger partial charge is 0.492 e. The molecular weight excluding hydrogens is 266 g/mol. The number of halogens is 1. The van der Waals surface area contributed by atoms with Crippen molar-refractivity contribution in [2.75, 3.05) is 12.5 Å². The fourth-order valence-corrected chi connectivity index (χ4v) is 1.61. The van der Waals surface area contributed by atoms with Gasteiger partial charge < -0.3 is 10.5 Å². The average molecular weight is 280 g/mol. The molecule has 0 aliphatic heterocycles. The zero-order chi connectivity index (χ0) is 13.7. The molecule has 1 aromatic heterocycles. The number of alkyl halides is 1. The Morgan fingerprint density at radius 3 is 2.79 bits per heavy atom. The highest BCUT2D eigenvalue weighted by Gasteiger charge is 2.06. The highest BCUT2D eigenvalue weighted by atomic mass is 35.5. The average Bonchev–Trinajstić information content (AvgIpc) is 2.95. The van der Waals surface area contributed by atoms with Crippen LogP contribution in [0.3, 0.4) is 0 Å². The van der Waals surface area contributed by atoms with Gasteiger partial charge in [0.15, 0.2) is 0 Å². The Balaban J connectivity index is 2.43. The molecule has 2 aromatic rings. The molecule has 0 unspecified atom stereocenters. The Hall–Kier alpha value is -2.08. The first-order valence-corrected chi connectivity index (χ1v) is 6.29. The third-order valence-electron chi connectivity index (χ3n) is 2.36. The van der Waals surface area contributed by atoms with Gasteiger partial charge in [-0.05, 0) is 25.1 Å². The first kappa shape index (κ1) is 13.4. The molecular formula is C12H14ClN5O. The maximum Gasteiger partial charge on any atom is 0.145 e. The van der Waals surface area contributed by atoms with Crippen LogP contribution in [0.5, 0.6) is 5.75 Å². The Morgan fingerprint density at radius 2 is 2.16 bits per heavy atom. The maximum absolute atomic E-state index is 5.67. The molecule has 6 nitrogen and oxygen atoms in total. The normalized spacial score (nSPS) is 11.6. The van der Waals surface area contributed by atoms with Crippen LogP contribution in [0.4, 0.5) is 5.69 Å². The molecule has 0 radical (unpaired) electrons. The number of aliphatic imine (C=N–C) groups is 1. The summed E-state index contributed by atoms with van der Waals surface area (Å²) in [5, 5.41) is 7.53. The number of hydrogen-bond donors (Lipinski definition) is 1. The fourth-order valence-electron chi connectivity index (χ4n) is 1.55. The van der Waals surface area contributed by atoms with Crippen molar-refractivity contribution in [3.8, 4) is 11.4 Å². The van der Waals surface area contributed by atoms with Crippen molar-refractivity contribution in [2.45, 2.75) is 6.92 Å². The molecule has 2 rings (SSSR count). The molecule has 0 saturated carbocycles. The van der Waals surface area contributed by atoms with Gasteiger partial charge in [0, 0.05) is 0 Å². The quantitative estimate of drug-likeness (QED) is 0.515. The van der Waals surface area contributed by atoms with Gasteiger partial charge in [-0.3, -0.25) is 4.57 Å². The number of benzene rings is 1. The van der Waals surface area contributed by atoms with Crippen LogP contribution in [0.2, 0.25) is 0 Å². The third-order valence-corrected chi connectivity index (χ3v) is 2.63. The van der Waals surface area contributed by atoms with E-state index in [2.05, 4.69) is 15.2 Å². The van der Waals surface area contributed by atoms with Crippen molar-refractivity contribution < 1.29 is 4.74 Å².